The molecule has 1 N–H and O–H groups in total. The van der Waals surface area contributed by atoms with E-state index in [1.54, 1.807) is 12.1 Å². The van der Waals surface area contributed by atoms with Crippen molar-refractivity contribution in [3.05, 3.63) is 90.0 Å². The summed E-state index contributed by atoms with van der Waals surface area (Å²) in [5.41, 5.74) is 5.53. The number of hydrogen-bond acceptors (Lipinski definition) is 3. The number of nitrogens with zero attached hydrogens (tertiary/aromatic N) is 3. The van der Waals surface area contributed by atoms with E-state index in [1.165, 1.54) is 12.1 Å². The summed E-state index contributed by atoms with van der Waals surface area (Å²) in [4.78, 5) is 19.3. The molecule has 0 saturated carbocycles. The van der Waals surface area contributed by atoms with Crippen LogP contribution in [0.5, 0.6) is 0 Å². The Hall–Kier alpha value is -3.67. The van der Waals surface area contributed by atoms with Gasteiger partial charge in [-0.05, 0) is 60.5 Å². The van der Waals surface area contributed by atoms with E-state index in [4.69, 9.17) is 4.98 Å². The number of nitrogens with one attached hydrogen (secondary N) is 1. The molecule has 5 nitrogen and oxygen atoms in total. The molecule has 0 spiro atoms. The number of aromatic nitrogens is 2. The van der Waals surface area contributed by atoms with Gasteiger partial charge in [0.1, 0.15) is 11.5 Å². The molecule has 0 radical (unpaired) electrons. The Morgan fingerprint density at radius 2 is 1.77 bits per heavy atom. The number of hydrogen-bond donors (Lipinski definition) is 1. The third-order valence-corrected chi connectivity index (χ3v) is 5.28. The van der Waals surface area contributed by atoms with E-state index in [2.05, 4.69) is 5.32 Å². The van der Waals surface area contributed by atoms with Crippen LogP contribution in [-0.4, -0.2) is 29.4 Å². The highest BCUT2D eigenvalue weighted by Gasteiger charge is 2.15. The zero-order valence-electron chi connectivity index (χ0n) is 17.7. The number of carbonyl (C=O) groups is 1. The molecule has 0 bridgehead atoms. The van der Waals surface area contributed by atoms with Crippen molar-refractivity contribution in [1.29, 1.82) is 0 Å². The Bertz CT molecular complexity index is 1180. The molecule has 6 heteroatoms. The number of pyridine rings is 1. The number of halogens is 1. The van der Waals surface area contributed by atoms with Crippen molar-refractivity contribution < 1.29 is 9.18 Å². The van der Waals surface area contributed by atoms with Gasteiger partial charge < -0.3 is 14.6 Å². The largest absolute Gasteiger partial charge is 0.378 e. The van der Waals surface area contributed by atoms with Crippen LogP contribution in [0.2, 0.25) is 0 Å². The maximum Gasteiger partial charge on any atom is 0.220 e. The van der Waals surface area contributed by atoms with Gasteiger partial charge in [0.05, 0.1) is 11.4 Å². The van der Waals surface area contributed by atoms with Crippen molar-refractivity contribution >= 4 is 17.2 Å². The summed E-state index contributed by atoms with van der Waals surface area (Å²) in [6.07, 6.45) is 2.81. The molecule has 0 saturated heterocycles. The van der Waals surface area contributed by atoms with E-state index in [-0.39, 0.29) is 11.7 Å². The number of aryl methyl sites for hydroxylation is 1. The molecule has 4 aromatic rings. The monoisotopic (exact) mass is 416 g/mol. The first kappa shape index (κ1) is 20.6. The Morgan fingerprint density at radius 1 is 1.03 bits per heavy atom. The van der Waals surface area contributed by atoms with E-state index in [9.17, 15) is 9.18 Å². The van der Waals surface area contributed by atoms with E-state index < -0.39 is 0 Å². The highest BCUT2D eigenvalue weighted by Crippen LogP contribution is 2.26. The fourth-order valence-electron chi connectivity index (χ4n) is 3.56. The van der Waals surface area contributed by atoms with Gasteiger partial charge in [0.25, 0.3) is 0 Å². The van der Waals surface area contributed by atoms with E-state index in [0.717, 1.165) is 33.8 Å². The topological polar surface area (TPSA) is 49.6 Å². The average Bonchev–Trinajstić information content (AvgIpc) is 3.15. The third kappa shape index (κ3) is 4.74. The molecule has 158 valence electrons. The van der Waals surface area contributed by atoms with Gasteiger partial charge in [-0.15, -0.1) is 0 Å². The predicted octanol–water partition coefficient (Wildman–Crippen LogP) is 4.46. The van der Waals surface area contributed by atoms with Crippen LogP contribution in [0, 0.1) is 5.82 Å². The average molecular weight is 416 g/mol. The summed E-state index contributed by atoms with van der Waals surface area (Å²) in [5, 5.41) is 2.99. The minimum atomic E-state index is -0.285. The maximum absolute atomic E-state index is 13.4. The van der Waals surface area contributed by atoms with Gasteiger partial charge in [-0.2, -0.15) is 0 Å². The van der Waals surface area contributed by atoms with E-state index in [1.807, 2.05) is 72.1 Å². The quantitative estimate of drug-likeness (QED) is 0.484. The smallest absolute Gasteiger partial charge is 0.220 e. The molecule has 0 aliphatic carbocycles. The van der Waals surface area contributed by atoms with Gasteiger partial charge in [-0.1, -0.05) is 18.2 Å². The summed E-state index contributed by atoms with van der Waals surface area (Å²) in [5.74, 6) is -0.306. The first-order valence-electron chi connectivity index (χ1n) is 10.3. The van der Waals surface area contributed by atoms with Crippen molar-refractivity contribution in [2.75, 3.05) is 19.0 Å². The minimum Gasteiger partial charge on any atom is -0.378 e. The normalized spacial score (nSPS) is 10.9. The first-order valence-corrected chi connectivity index (χ1v) is 10.3. The van der Waals surface area contributed by atoms with Gasteiger partial charge in [0, 0.05) is 44.5 Å². The lowest BCUT2D eigenvalue weighted by atomic mass is 10.1. The standard InChI is InChI=1S/C25H25FN4O/c1-29(2)21-12-6-18(7-13-21)17-27-24(31)15-14-22-25(19-8-10-20(26)11-9-19)28-23-5-3-4-16-30(22)23/h3-13,16H,14-15,17H2,1-2H3,(H,27,31). The molecular formula is C25H25FN4O. The number of fused-ring (bicyclic) bond motifs is 1. The van der Waals surface area contributed by atoms with Crippen molar-refractivity contribution in [2.24, 2.45) is 0 Å². The molecule has 0 aliphatic rings. The third-order valence-electron chi connectivity index (χ3n) is 5.28. The molecule has 4 rings (SSSR count). The molecule has 2 heterocycles. The zero-order valence-corrected chi connectivity index (χ0v) is 17.7. The highest BCUT2D eigenvalue weighted by molar-refractivity contribution is 5.77. The molecule has 2 aromatic heterocycles. The van der Waals surface area contributed by atoms with Crippen LogP contribution in [0.4, 0.5) is 10.1 Å². The van der Waals surface area contributed by atoms with E-state index in [0.29, 0.717) is 19.4 Å². The van der Waals surface area contributed by atoms with Crippen molar-refractivity contribution in [3.8, 4) is 11.3 Å². The lowest BCUT2D eigenvalue weighted by Crippen LogP contribution is -2.23. The summed E-state index contributed by atoms with van der Waals surface area (Å²) >= 11 is 0. The van der Waals surface area contributed by atoms with Gasteiger partial charge in [0.2, 0.25) is 5.91 Å². The van der Waals surface area contributed by atoms with Crippen LogP contribution in [0.1, 0.15) is 17.7 Å². The van der Waals surface area contributed by atoms with Crippen LogP contribution in [-0.2, 0) is 17.8 Å². The number of benzene rings is 2. The highest BCUT2D eigenvalue weighted by atomic mass is 19.1. The molecule has 0 unspecified atom stereocenters. The van der Waals surface area contributed by atoms with Gasteiger partial charge >= 0.3 is 0 Å². The van der Waals surface area contributed by atoms with Crippen LogP contribution < -0.4 is 10.2 Å². The number of anilines is 1. The second kappa shape index (κ2) is 9.00. The summed E-state index contributed by atoms with van der Waals surface area (Å²) in [6.45, 7) is 0.491. The molecule has 0 fully saturated rings. The van der Waals surface area contributed by atoms with Gasteiger partial charge in [0.15, 0.2) is 0 Å². The Labute approximate surface area is 181 Å². The maximum atomic E-state index is 13.4. The lowest BCUT2D eigenvalue weighted by Gasteiger charge is -2.13. The molecule has 0 aliphatic heterocycles. The summed E-state index contributed by atoms with van der Waals surface area (Å²) in [6, 6.07) is 20.2. The zero-order chi connectivity index (χ0) is 21.8. The van der Waals surface area contributed by atoms with Crippen LogP contribution in [0.3, 0.4) is 0 Å². The van der Waals surface area contributed by atoms with Crippen LogP contribution >= 0.6 is 0 Å². The van der Waals surface area contributed by atoms with E-state index >= 15 is 0 Å². The molecule has 2 aromatic carbocycles. The summed E-state index contributed by atoms with van der Waals surface area (Å²) in [7, 11) is 3.99. The fourth-order valence-corrected chi connectivity index (χ4v) is 3.56. The van der Waals surface area contributed by atoms with Crippen molar-refractivity contribution in [1.82, 2.24) is 14.7 Å². The Kier molecular flexibility index (Phi) is 5.98. The van der Waals surface area contributed by atoms with Crippen LogP contribution in [0.25, 0.3) is 16.9 Å². The molecule has 31 heavy (non-hydrogen) atoms. The number of rotatable bonds is 7. The van der Waals surface area contributed by atoms with Gasteiger partial charge in [-0.3, -0.25) is 4.79 Å². The van der Waals surface area contributed by atoms with Gasteiger partial charge in [-0.25, -0.2) is 9.37 Å². The molecular weight excluding hydrogens is 391 g/mol. The SMILES string of the molecule is CN(C)c1ccc(CNC(=O)CCc2c(-c3ccc(F)cc3)nc3ccccn23)cc1. The molecule has 0 atom stereocenters. The summed E-state index contributed by atoms with van der Waals surface area (Å²) < 4.78 is 15.4. The van der Waals surface area contributed by atoms with Crippen molar-refractivity contribution in [2.45, 2.75) is 19.4 Å². The second-order valence-electron chi connectivity index (χ2n) is 7.68. The number of imidazole rings is 1. The van der Waals surface area contributed by atoms with Crippen LogP contribution in [0.15, 0.2) is 72.9 Å². The Balaban J connectivity index is 1.46. The lowest BCUT2D eigenvalue weighted by molar-refractivity contribution is -0.121. The molecule has 1 amide bonds. The first-order chi connectivity index (χ1) is 15.0. The number of carbonyl (C=O) groups excluding carboxylic acids is 1. The number of amides is 1. The predicted molar refractivity (Wildman–Crippen MR) is 122 cm³/mol. The second-order valence-corrected chi connectivity index (χ2v) is 7.68. The minimum absolute atomic E-state index is 0.0207. The fraction of sp³-hybridized carbons (Fsp3) is 0.200. The Morgan fingerprint density at radius 3 is 2.48 bits per heavy atom. The van der Waals surface area contributed by atoms with Crippen molar-refractivity contribution in [3.63, 3.8) is 0 Å².